The van der Waals surface area contributed by atoms with Crippen molar-refractivity contribution in [3.8, 4) is 44.5 Å². The molecule has 0 fully saturated rings. The summed E-state index contributed by atoms with van der Waals surface area (Å²) >= 11 is 0. The van der Waals surface area contributed by atoms with E-state index in [9.17, 15) is 0 Å². The topological polar surface area (TPSA) is 6.48 Å². The fraction of sp³-hybridized carbons (Fsp3) is 0.0462. The van der Waals surface area contributed by atoms with Crippen LogP contribution in [0.25, 0.3) is 66.1 Å². The van der Waals surface area contributed by atoms with Gasteiger partial charge in [0.2, 0.25) is 0 Å². The van der Waals surface area contributed by atoms with Crippen molar-refractivity contribution in [2.24, 2.45) is 0 Å². The SMILES string of the molecule is CC1(C)c2ccccc2-c2ccc(N(c3ccccc3)c3ccc(N(c4ccccc4)c4ccc(-c5ccc6c(-c7ccccc7)c7ccccc7c(-c7ccccc7)c6c5)cc4)cc3)cc21. The monoisotopic (exact) mass is 856 g/mol. The van der Waals surface area contributed by atoms with Crippen LogP contribution in [0.5, 0.6) is 0 Å². The van der Waals surface area contributed by atoms with E-state index in [2.05, 4.69) is 278 Å². The van der Waals surface area contributed by atoms with Gasteiger partial charge in [-0.15, -0.1) is 0 Å². The largest absolute Gasteiger partial charge is 0.311 e. The fourth-order valence-corrected chi connectivity index (χ4v) is 10.6. The molecule has 0 amide bonds. The van der Waals surface area contributed by atoms with E-state index in [0.717, 1.165) is 34.1 Å². The van der Waals surface area contributed by atoms with E-state index in [1.807, 2.05) is 0 Å². The summed E-state index contributed by atoms with van der Waals surface area (Å²) in [5.74, 6) is 0. The van der Waals surface area contributed by atoms with Crippen molar-refractivity contribution in [3.05, 3.63) is 266 Å². The molecule has 67 heavy (non-hydrogen) atoms. The molecule has 0 unspecified atom stereocenters. The van der Waals surface area contributed by atoms with Crippen LogP contribution in [0.4, 0.5) is 34.1 Å². The quantitative estimate of drug-likeness (QED) is 0.133. The average Bonchev–Trinajstić information content (AvgIpc) is 3.62. The summed E-state index contributed by atoms with van der Waals surface area (Å²) in [4.78, 5) is 4.73. The minimum atomic E-state index is -0.0971. The van der Waals surface area contributed by atoms with E-state index in [1.54, 1.807) is 0 Å². The van der Waals surface area contributed by atoms with Crippen LogP contribution in [0.2, 0.25) is 0 Å². The number of hydrogen-bond acceptors (Lipinski definition) is 2. The molecule has 0 saturated heterocycles. The van der Waals surface area contributed by atoms with Crippen molar-refractivity contribution in [1.82, 2.24) is 0 Å². The minimum Gasteiger partial charge on any atom is -0.311 e. The molecule has 2 heteroatoms. The van der Waals surface area contributed by atoms with Gasteiger partial charge in [0.15, 0.2) is 0 Å². The molecular formula is C65H48N2. The van der Waals surface area contributed by atoms with Crippen LogP contribution in [0, 0.1) is 0 Å². The summed E-state index contributed by atoms with van der Waals surface area (Å²) in [7, 11) is 0. The Kier molecular flexibility index (Phi) is 9.88. The fourth-order valence-electron chi connectivity index (χ4n) is 10.6. The predicted molar refractivity (Wildman–Crippen MR) is 285 cm³/mol. The summed E-state index contributed by atoms with van der Waals surface area (Å²) in [6.07, 6.45) is 0. The second kappa shape index (κ2) is 16.5. The number of benzene rings is 11. The summed E-state index contributed by atoms with van der Waals surface area (Å²) in [5, 5.41) is 5.01. The summed E-state index contributed by atoms with van der Waals surface area (Å²) < 4.78 is 0. The molecule has 0 spiro atoms. The minimum absolute atomic E-state index is 0.0971. The van der Waals surface area contributed by atoms with Crippen LogP contribution in [-0.2, 0) is 5.41 Å². The van der Waals surface area contributed by atoms with Crippen molar-refractivity contribution in [1.29, 1.82) is 0 Å². The van der Waals surface area contributed by atoms with E-state index < -0.39 is 0 Å². The first-order valence-electron chi connectivity index (χ1n) is 23.3. The molecule has 0 atom stereocenters. The first-order valence-corrected chi connectivity index (χ1v) is 23.3. The summed E-state index contributed by atoms with van der Waals surface area (Å²) in [5.41, 5.74) is 19.2. The smallest absolute Gasteiger partial charge is 0.0465 e. The van der Waals surface area contributed by atoms with Gasteiger partial charge in [0.1, 0.15) is 0 Å². The van der Waals surface area contributed by atoms with Gasteiger partial charge >= 0.3 is 0 Å². The van der Waals surface area contributed by atoms with E-state index in [4.69, 9.17) is 0 Å². The van der Waals surface area contributed by atoms with Crippen LogP contribution < -0.4 is 9.80 Å². The van der Waals surface area contributed by atoms with E-state index in [0.29, 0.717) is 0 Å². The highest BCUT2D eigenvalue weighted by atomic mass is 15.2. The van der Waals surface area contributed by atoms with Crippen molar-refractivity contribution < 1.29 is 0 Å². The van der Waals surface area contributed by atoms with Gasteiger partial charge in [-0.3, -0.25) is 0 Å². The van der Waals surface area contributed by atoms with Gasteiger partial charge in [-0.2, -0.15) is 0 Å². The molecule has 0 heterocycles. The lowest BCUT2D eigenvalue weighted by Crippen LogP contribution is -2.16. The van der Waals surface area contributed by atoms with Crippen LogP contribution in [-0.4, -0.2) is 0 Å². The maximum atomic E-state index is 2.40. The van der Waals surface area contributed by atoms with Crippen molar-refractivity contribution in [2.45, 2.75) is 19.3 Å². The Morgan fingerprint density at radius 3 is 1.21 bits per heavy atom. The van der Waals surface area contributed by atoms with Gasteiger partial charge < -0.3 is 9.80 Å². The first-order chi connectivity index (χ1) is 33.0. The lowest BCUT2D eigenvalue weighted by Gasteiger charge is -2.29. The lowest BCUT2D eigenvalue weighted by molar-refractivity contribution is 0.660. The van der Waals surface area contributed by atoms with E-state index in [1.165, 1.54) is 77.2 Å². The second-order valence-electron chi connectivity index (χ2n) is 18.1. The number of para-hydroxylation sites is 2. The standard InChI is InChI=1S/C65H48N2/c1-65(2)61-30-18-17-27-55(61)56-42-40-54(44-62(56)65)67(50-25-13-6-14-26-50)53-38-36-52(37-39-53)66(49-23-11-5-12-24-49)51-34-31-45(32-35-51)48-33-41-59-60(43-48)64(47-21-9-4-10-22-47)58-29-16-15-28-57(58)63(59)46-19-7-3-8-20-46/h3-44H,1-2H3. The molecule has 1 aliphatic carbocycles. The van der Waals surface area contributed by atoms with Crippen LogP contribution >= 0.6 is 0 Å². The molecule has 0 aliphatic heterocycles. The average molecular weight is 857 g/mol. The molecule has 0 saturated carbocycles. The van der Waals surface area contributed by atoms with E-state index in [-0.39, 0.29) is 5.41 Å². The molecule has 0 aromatic heterocycles. The first kappa shape index (κ1) is 40.1. The number of rotatable bonds is 9. The Labute approximate surface area is 393 Å². The van der Waals surface area contributed by atoms with Gasteiger partial charge in [0.25, 0.3) is 0 Å². The van der Waals surface area contributed by atoms with Crippen LogP contribution in [0.1, 0.15) is 25.0 Å². The lowest BCUT2D eigenvalue weighted by atomic mass is 9.82. The van der Waals surface area contributed by atoms with Crippen molar-refractivity contribution in [2.75, 3.05) is 9.80 Å². The van der Waals surface area contributed by atoms with Crippen LogP contribution in [0.3, 0.4) is 0 Å². The molecule has 0 N–H and O–H groups in total. The highest BCUT2D eigenvalue weighted by Gasteiger charge is 2.35. The zero-order valence-corrected chi connectivity index (χ0v) is 37.6. The molecule has 0 bridgehead atoms. The molecule has 11 aromatic rings. The third-order valence-corrected chi connectivity index (χ3v) is 13.8. The van der Waals surface area contributed by atoms with Crippen molar-refractivity contribution in [3.63, 3.8) is 0 Å². The zero-order chi connectivity index (χ0) is 44.9. The Morgan fingerprint density at radius 2 is 0.642 bits per heavy atom. The van der Waals surface area contributed by atoms with E-state index >= 15 is 0 Å². The van der Waals surface area contributed by atoms with Gasteiger partial charge in [0.05, 0.1) is 0 Å². The maximum absolute atomic E-state index is 2.40. The van der Waals surface area contributed by atoms with Gasteiger partial charge in [0, 0.05) is 39.5 Å². The third-order valence-electron chi connectivity index (χ3n) is 13.8. The Balaban J connectivity index is 0.932. The number of nitrogens with zero attached hydrogens (tertiary/aromatic N) is 2. The molecule has 0 radical (unpaired) electrons. The highest BCUT2D eigenvalue weighted by Crippen LogP contribution is 2.51. The third kappa shape index (κ3) is 6.97. The number of anilines is 6. The molecule has 11 aromatic carbocycles. The molecule has 1 aliphatic rings. The summed E-state index contributed by atoms with van der Waals surface area (Å²) in [6.45, 7) is 4.70. The zero-order valence-electron chi connectivity index (χ0n) is 37.6. The Bertz CT molecular complexity index is 3560. The Morgan fingerprint density at radius 1 is 0.254 bits per heavy atom. The number of fused-ring (bicyclic) bond motifs is 5. The van der Waals surface area contributed by atoms with Gasteiger partial charge in [-0.25, -0.2) is 0 Å². The summed E-state index contributed by atoms with van der Waals surface area (Å²) in [6, 6.07) is 92.9. The maximum Gasteiger partial charge on any atom is 0.0465 e. The molecule has 12 rings (SSSR count). The highest BCUT2D eigenvalue weighted by molar-refractivity contribution is 6.22. The number of hydrogen-bond donors (Lipinski definition) is 0. The van der Waals surface area contributed by atoms with Crippen molar-refractivity contribution >= 4 is 55.7 Å². The normalized spacial score (nSPS) is 12.4. The molecular weight excluding hydrogens is 809 g/mol. The van der Waals surface area contributed by atoms with Gasteiger partial charge in [-0.1, -0.05) is 190 Å². The molecule has 2 nitrogen and oxygen atoms in total. The molecule has 318 valence electrons. The predicted octanol–water partition coefficient (Wildman–Crippen LogP) is 18.2. The van der Waals surface area contributed by atoms with Crippen LogP contribution in [0.15, 0.2) is 255 Å². The Hall–Kier alpha value is -8.46. The van der Waals surface area contributed by atoms with Gasteiger partial charge in [-0.05, 0) is 156 Å². The second-order valence-corrected chi connectivity index (χ2v) is 18.1.